The third-order valence-corrected chi connectivity index (χ3v) is 2.58. The standard InChI is InChI=1S/C13H23N3O/c1-5-16(9-13(3,4)17)12-7-6-11(8-15-12)10(2)14/h6-8,10,17H,5,9,14H2,1-4H3. The van der Waals surface area contributed by atoms with Gasteiger partial charge < -0.3 is 15.7 Å². The maximum absolute atomic E-state index is 9.83. The lowest BCUT2D eigenvalue weighted by atomic mass is 10.1. The Morgan fingerprint density at radius 1 is 1.47 bits per heavy atom. The predicted molar refractivity (Wildman–Crippen MR) is 71.0 cm³/mol. The van der Waals surface area contributed by atoms with Gasteiger partial charge in [-0.15, -0.1) is 0 Å². The van der Waals surface area contributed by atoms with Crippen molar-refractivity contribution in [2.24, 2.45) is 5.73 Å². The summed E-state index contributed by atoms with van der Waals surface area (Å²) in [5, 5.41) is 9.83. The third-order valence-electron chi connectivity index (χ3n) is 2.58. The molecule has 0 saturated carbocycles. The first-order chi connectivity index (χ1) is 7.83. The molecular weight excluding hydrogens is 214 g/mol. The summed E-state index contributed by atoms with van der Waals surface area (Å²) >= 11 is 0. The Labute approximate surface area is 103 Å². The van der Waals surface area contributed by atoms with E-state index in [1.54, 1.807) is 20.0 Å². The quantitative estimate of drug-likeness (QED) is 0.818. The topological polar surface area (TPSA) is 62.4 Å². The molecule has 4 heteroatoms. The highest BCUT2D eigenvalue weighted by molar-refractivity contribution is 5.40. The number of rotatable bonds is 5. The minimum absolute atomic E-state index is 0.000842. The van der Waals surface area contributed by atoms with Gasteiger partial charge in [0, 0.05) is 25.3 Å². The highest BCUT2D eigenvalue weighted by Crippen LogP contribution is 2.16. The number of pyridine rings is 1. The Balaban J connectivity index is 2.82. The molecule has 0 radical (unpaired) electrons. The van der Waals surface area contributed by atoms with Crippen molar-refractivity contribution in [3.8, 4) is 0 Å². The minimum atomic E-state index is -0.725. The van der Waals surface area contributed by atoms with E-state index >= 15 is 0 Å². The zero-order valence-corrected chi connectivity index (χ0v) is 11.1. The summed E-state index contributed by atoms with van der Waals surface area (Å²) in [4.78, 5) is 6.44. The molecule has 1 atom stereocenters. The van der Waals surface area contributed by atoms with Gasteiger partial charge in [0.25, 0.3) is 0 Å². The van der Waals surface area contributed by atoms with Gasteiger partial charge in [-0.25, -0.2) is 4.98 Å². The predicted octanol–water partition coefficient (Wildman–Crippen LogP) is 1.70. The van der Waals surface area contributed by atoms with Crippen molar-refractivity contribution in [1.82, 2.24) is 4.98 Å². The van der Waals surface area contributed by atoms with Gasteiger partial charge in [-0.2, -0.15) is 0 Å². The monoisotopic (exact) mass is 237 g/mol. The fraction of sp³-hybridized carbons (Fsp3) is 0.615. The average molecular weight is 237 g/mol. The molecule has 4 nitrogen and oxygen atoms in total. The van der Waals surface area contributed by atoms with Crippen LogP contribution in [0.5, 0.6) is 0 Å². The molecule has 1 aromatic heterocycles. The Morgan fingerprint density at radius 3 is 2.47 bits per heavy atom. The maximum atomic E-state index is 9.83. The van der Waals surface area contributed by atoms with Crippen LogP contribution < -0.4 is 10.6 Å². The first-order valence-corrected chi connectivity index (χ1v) is 6.02. The summed E-state index contributed by atoms with van der Waals surface area (Å²) in [6.45, 7) is 8.96. The fourth-order valence-electron chi connectivity index (χ4n) is 1.68. The lowest BCUT2D eigenvalue weighted by Crippen LogP contribution is -2.39. The molecule has 0 aromatic carbocycles. The van der Waals surface area contributed by atoms with Crippen molar-refractivity contribution in [1.29, 1.82) is 0 Å². The van der Waals surface area contributed by atoms with Gasteiger partial charge in [-0.1, -0.05) is 6.07 Å². The van der Waals surface area contributed by atoms with Gasteiger partial charge in [0.2, 0.25) is 0 Å². The highest BCUT2D eigenvalue weighted by Gasteiger charge is 2.18. The molecule has 3 N–H and O–H groups in total. The molecule has 0 aliphatic rings. The van der Waals surface area contributed by atoms with Gasteiger partial charge in [0.15, 0.2) is 0 Å². The summed E-state index contributed by atoms with van der Waals surface area (Å²) in [7, 11) is 0. The number of hydrogen-bond donors (Lipinski definition) is 2. The number of nitrogens with two attached hydrogens (primary N) is 1. The zero-order valence-electron chi connectivity index (χ0n) is 11.1. The Bertz CT molecular complexity index is 341. The molecule has 0 fully saturated rings. The SMILES string of the molecule is CCN(CC(C)(C)O)c1ccc(C(C)N)cn1. The van der Waals surface area contributed by atoms with Crippen LogP contribution in [0.3, 0.4) is 0 Å². The van der Waals surface area contributed by atoms with Crippen LogP contribution in [0.15, 0.2) is 18.3 Å². The van der Waals surface area contributed by atoms with Crippen LogP contribution in [0.4, 0.5) is 5.82 Å². The van der Waals surface area contributed by atoms with E-state index in [0.717, 1.165) is 17.9 Å². The van der Waals surface area contributed by atoms with Crippen LogP contribution in [0.25, 0.3) is 0 Å². The van der Waals surface area contributed by atoms with Crippen LogP contribution in [-0.4, -0.2) is 28.8 Å². The van der Waals surface area contributed by atoms with E-state index in [4.69, 9.17) is 5.73 Å². The zero-order chi connectivity index (χ0) is 13.1. The van der Waals surface area contributed by atoms with E-state index in [1.807, 2.05) is 30.9 Å². The second-order valence-electron chi connectivity index (χ2n) is 5.07. The largest absolute Gasteiger partial charge is 0.389 e. The van der Waals surface area contributed by atoms with E-state index in [2.05, 4.69) is 4.98 Å². The molecule has 0 saturated heterocycles. The normalized spacial score (nSPS) is 13.5. The van der Waals surface area contributed by atoms with Crippen LogP contribution >= 0.6 is 0 Å². The Kier molecular flexibility index (Phi) is 4.48. The first-order valence-electron chi connectivity index (χ1n) is 6.02. The van der Waals surface area contributed by atoms with Crippen molar-refractivity contribution >= 4 is 5.82 Å². The van der Waals surface area contributed by atoms with Crippen LogP contribution in [0.1, 0.15) is 39.3 Å². The van der Waals surface area contributed by atoms with Crippen molar-refractivity contribution < 1.29 is 5.11 Å². The van der Waals surface area contributed by atoms with Crippen molar-refractivity contribution in [2.75, 3.05) is 18.0 Å². The molecule has 0 bridgehead atoms. The number of likely N-dealkylation sites (N-methyl/N-ethyl adjacent to an activating group) is 1. The van der Waals surface area contributed by atoms with E-state index in [1.165, 1.54) is 0 Å². The molecule has 1 unspecified atom stereocenters. The van der Waals surface area contributed by atoms with Gasteiger partial charge in [0.05, 0.1) is 5.60 Å². The van der Waals surface area contributed by atoms with Gasteiger partial charge >= 0.3 is 0 Å². The maximum Gasteiger partial charge on any atom is 0.128 e. The number of aliphatic hydroxyl groups is 1. The molecule has 0 spiro atoms. The highest BCUT2D eigenvalue weighted by atomic mass is 16.3. The Morgan fingerprint density at radius 2 is 2.12 bits per heavy atom. The average Bonchev–Trinajstić information content (AvgIpc) is 2.25. The molecule has 0 aliphatic heterocycles. The van der Waals surface area contributed by atoms with Crippen molar-refractivity contribution in [2.45, 2.75) is 39.3 Å². The number of aromatic nitrogens is 1. The minimum Gasteiger partial charge on any atom is -0.389 e. The van der Waals surface area contributed by atoms with E-state index in [-0.39, 0.29) is 6.04 Å². The van der Waals surface area contributed by atoms with E-state index in [0.29, 0.717) is 6.54 Å². The fourth-order valence-corrected chi connectivity index (χ4v) is 1.68. The third kappa shape index (κ3) is 4.32. The number of hydrogen-bond acceptors (Lipinski definition) is 4. The molecule has 17 heavy (non-hydrogen) atoms. The molecule has 96 valence electrons. The molecule has 0 amide bonds. The lowest BCUT2D eigenvalue weighted by molar-refractivity contribution is 0.0874. The smallest absolute Gasteiger partial charge is 0.128 e. The van der Waals surface area contributed by atoms with Crippen LogP contribution in [0, 0.1) is 0 Å². The molecule has 1 aromatic rings. The lowest BCUT2D eigenvalue weighted by Gasteiger charge is -2.29. The van der Waals surface area contributed by atoms with Crippen LogP contribution in [0.2, 0.25) is 0 Å². The molecule has 1 heterocycles. The Hall–Kier alpha value is -1.13. The van der Waals surface area contributed by atoms with Gasteiger partial charge in [0.1, 0.15) is 5.82 Å². The van der Waals surface area contributed by atoms with Crippen molar-refractivity contribution in [3.05, 3.63) is 23.9 Å². The summed E-state index contributed by atoms with van der Waals surface area (Å²) < 4.78 is 0. The first kappa shape index (κ1) is 13.9. The summed E-state index contributed by atoms with van der Waals surface area (Å²) in [5.74, 6) is 0.874. The summed E-state index contributed by atoms with van der Waals surface area (Å²) in [6, 6.07) is 3.94. The number of anilines is 1. The number of nitrogens with zero attached hydrogens (tertiary/aromatic N) is 2. The summed E-state index contributed by atoms with van der Waals surface area (Å²) in [6.07, 6.45) is 1.80. The summed E-state index contributed by atoms with van der Waals surface area (Å²) in [5.41, 5.74) is 6.08. The van der Waals surface area contributed by atoms with Crippen molar-refractivity contribution in [3.63, 3.8) is 0 Å². The van der Waals surface area contributed by atoms with Crippen LogP contribution in [-0.2, 0) is 0 Å². The molecular formula is C13H23N3O. The van der Waals surface area contributed by atoms with Gasteiger partial charge in [-0.3, -0.25) is 0 Å². The molecule has 1 rings (SSSR count). The second-order valence-corrected chi connectivity index (χ2v) is 5.07. The van der Waals surface area contributed by atoms with E-state index in [9.17, 15) is 5.11 Å². The van der Waals surface area contributed by atoms with E-state index < -0.39 is 5.60 Å². The van der Waals surface area contributed by atoms with Gasteiger partial charge in [-0.05, 0) is 39.3 Å². The molecule has 0 aliphatic carbocycles. The second kappa shape index (κ2) is 5.47.